The summed E-state index contributed by atoms with van der Waals surface area (Å²) >= 11 is 0. The van der Waals surface area contributed by atoms with Crippen LogP contribution in [0.4, 0.5) is 11.9 Å². The Kier molecular flexibility index (Phi) is 3.74. The van der Waals surface area contributed by atoms with Crippen LogP contribution in [0, 0.1) is 0 Å². The fraction of sp³-hybridized carbons (Fsp3) is 0.188. The highest BCUT2D eigenvalue weighted by Gasteiger charge is 2.07. The summed E-state index contributed by atoms with van der Waals surface area (Å²) < 4.78 is 5.76. The minimum Gasteiger partial charge on any atom is -0.486 e. The molecule has 22 heavy (non-hydrogen) atoms. The van der Waals surface area contributed by atoms with E-state index >= 15 is 0 Å². The quantitative estimate of drug-likeness (QED) is 0.795. The van der Waals surface area contributed by atoms with E-state index < -0.39 is 0 Å². The summed E-state index contributed by atoms with van der Waals surface area (Å²) in [6.45, 7) is 0.242. The van der Waals surface area contributed by atoms with E-state index in [1.165, 1.54) is 5.39 Å². The number of ether oxygens (including phenoxy) is 1. The molecule has 0 aliphatic carbocycles. The molecule has 112 valence electrons. The van der Waals surface area contributed by atoms with E-state index in [0.717, 1.165) is 11.1 Å². The van der Waals surface area contributed by atoms with Gasteiger partial charge in [-0.2, -0.15) is 15.0 Å². The summed E-state index contributed by atoms with van der Waals surface area (Å²) in [6, 6.07) is 14.1. The SMILES string of the molecule is CN(C)c1nc(N)nc(COc2ccc3ccccc3c2)n1. The van der Waals surface area contributed by atoms with Gasteiger partial charge in [-0.05, 0) is 22.9 Å². The first-order valence-electron chi connectivity index (χ1n) is 6.91. The maximum atomic E-state index is 5.76. The monoisotopic (exact) mass is 295 g/mol. The Labute approximate surface area is 128 Å². The summed E-state index contributed by atoms with van der Waals surface area (Å²) in [5.74, 6) is 1.98. The average Bonchev–Trinajstić information content (AvgIpc) is 2.52. The summed E-state index contributed by atoms with van der Waals surface area (Å²) in [5.41, 5.74) is 5.70. The number of nitrogens with two attached hydrogens (primary N) is 1. The highest BCUT2D eigenvalue weighted by Crippen LogP contribution is 2.21. The van der Waals surface area contributed by atoms with Crippen molar-refractivity contribution in [2.45, 2.75) is 6.61 Å². The summed E-state index contributed by atoms with van der Waals surface area (Å²) in [4.78, 5) is 14.2. The van der Waals surface area contributed by atoms with Crippen molar-refractivity contribution in [3.05, 3.63) is 48.3 Å². The van der Waals surface area contributed by atoms with Crippen LogP contribution in [0.5, 0.6) is 5.75 Å². The van der Waals surface area contributed by atoms with Crippen molar-refractivity contribution in [2.24, 2.45) is 0 Å². The maximum absolute atomic E-state index is 5.76. The third-order valence-corrected chi connectivity index (χ3v) is 3.18. The molecule has 0 atom stereocenters. The zero-order valence-electron chi connectivity index (χ0n) is 12.5. The van der Waals surface area contributed by atoms with Crippen LogP contribution in [0.2, 0.25) is 0 Å². The Morgan fingerprint density at radius 3 is 2.55 bits per heavy atom. The van der Waals surface area contributed by atoms with Gasteiger partial charge in [0.2, 0.25) is 11.9 Å². The van der Waals surface area contributed by atoms with Gasteiger partial charge in [0.05, 0.1) is 0 Å². The molecule has 0 aliphatic rings. The van der Waals surface area contributed by atoms with Gasteiger partial charge in [-0.3, -0.25) is 0 Å². The number of nitrogen functional groups attached to an aromatic ring is 1. The van der Waals surface area contributed by atoms with Gasteiger partial charge in [-0.1, -0.05) is 30.3 Å². The van der Waals surface area contributed by atoms with Crippen LogP contribution in [0.3, 0.4) is 0 Å². The Bertz CT molecular complexity index is 803. The lowest BCUT2D eigenvalue weighted by Crippen LogP contribution is -2.16. The third-order valence-electron chi connectivity index (χ3n) is 3.18. The van der Waals surface area contributed by atoms with Crippen molar-refractivity contribution >= 4 is 22.7 Å². The van der Waals surface area contributed by atoms with Crippen molar-refractivity contribution in [1.82, 2.24) is 15.0 Å². The third kappa shape index (κ3) is 3.06. The molecular weight excluding hydrogens is 278 g/mol. The van der Waals surface area contributed by atoms with Gasteiger partial charge in [0.1, 0.15) is 12.4 Å². The number of fused-ring (bicyclic) bond motifs is 1. The predicted molar refractivity (Wildman–Crippen MR) is 86.8 cm³/mol. The van der Waals surface area contributed by atoms with Crippen LogP contribution >= 0.6 is 0 Å². The number of benzene rings is 2. The lowest BCUT2D eigenvalue weighted by atomic mass is 10.1. The second-order valence-electron chi connectivity index (χ2n) is 5.10. The van der Waals surface area contributed by atoms with Crippen molar-refractivity contribution in [3.63, 3.8) is 0 Å². The molecule has 0 unspecified atom stereocenters. The molecule has 0 saturated heterocycles. The zero-order chi connectivity index (χ0) is 15.5. The van der Waals surface area contributed by atoms with Crippen molar-refractivity contribution < 1.29 is 4.74 Å². The molecular formula is C16H17N5O. The molecule has 0 amide bonds. The molecule has 1 aromatic heterocycles. The van der Waals surface area contributed by atoms with E-state index in [-0.39, 0.29) is 12.6 Å². The molecule has 0 spiro atoms. The first-order valence-corrected chi connectivity index (χ1v) is 6.91. The Balaban J connectivity index is 1.78. The molecule has 2 N–H and O–H groups in total. The van der Waals surface area contributed by atoms with E-state index in [4.69, 9.17) is 10.5 Å². The molecule has 1 heterocycles. The first-order chi connectivity index (χ1) is 10.6. The fourth-order valence-corrected chi connectivity index (χ4v) is 2.09. The fourth-order valence-electron chi connectivity index (χ4n) is 2.09. The lowest BCUT2D eigenvalue weighted by molar-refractivity contribution is 0.296. The molecule has 3 aromatic rings. The van der Waals surface area contributed by atoms with Crippen LogP contribution in [-0.4, -0.2) is 29.0 Å². The van der Waals surface area contributed by atoms with Gasteiger partial charge in [0.25, 0.3) is 0 Å². The number of nitrogens with zero attached hydrogens (tertiary/aromatic N) is 4. The lowest BCUT2D eigenvalue weighted by Gasteiger charge is -2.12. The molecule has 6 nitrogen and oxygen atoms in total. The predicted octanol–water partition coefficient (Wildman–Crippen LogP) is 2.25. The molecule has 0 bridgehead atoms. The highest BCUT2D eigenvalue weighted by atomic mass is 16.5. The van der Waals surface area contributed by atoms with Gasteiger partial charge in [-0.15, -0.1) is 0 Å². The molecule has 0 fully saturated rings. The summed E-state index contributed by atoms with van der Waals surface area (Å²) in [5, 5.41) is 2.30. The number of hydrogen-bond donors (Lipinski definition) is 1. The minimum absolute atomic E-state index is 0.191. The number of anilines is 2. The smallest absolute Gasteiger partial charge is 0.230 e. The Hall–Kier alpha value is -2.89. The van der Waals surface area contributed by atoms with E-state index in [1.807, 2.05) is 50.5 Å². The zero-order valence-corrected chi connectivity index (χ0v) is 12.5. The second-order valence-corrected chi connectivity index (χ2v) is 5.10. The van der Waals surface area contributed by atoms with Gasteiger partial charge in [0, 0.05) is 14.1 Å². The second kappa shape index (κ2) is 5.85. The van der Waals surface area contributed by atoms with Crippen LogP contribution < -0.4 is 15.4 Å². The standard InChI is InChI=1S/C16H17N5O/c1-21(2)16-19-14(18-15(17)20-16)10-22-13-8-7-11-5-3-4-6-12(11)9-13/h3-9H,10H2,1-2H3,(H2,17,18,19,20). The normalized spacial score (nSPS) is 10.6. The van der Waals surface area contributed by atoms with Crippen LogP contribution in [0.15, 0.2) is 42.5 Å². The van der Waals surface area contributed by atoms with Crippen LogP contribution in [0.1, 0.15) is 5.82 Å². The van der Waals surface area contributed by atoms with E-state index in [2.05, 4.69) is 21.0 Å². The topological polar surface area (TPSA) is 77.2 Å². The summed E-state index contributed by atoms with van der Waals surface area (Å²) in [6.07, 6.45) is 0. The van der Waals surface area contributed by atoms with E-state index in [0.29, 0.717) is 11.8 Å². The van der Waals surface area contributed by atoms with Gasteiger partial charge in [0.15, 0.2) is 5.82 Å². The molecule has 0 saturated carbocycles. The van der Waals surface area contributed by atoms with Gasteiger partial charge in [-0.25, -0.2) is 0 Å². The molecule has 0 aliphatic heterocycles. The highest BCUT2D eigenvalue weighted by molar-refractivity contribution is 5.83. The number of rotatable bonds is 4. The van der Waals surface area contributed by atoms with Crippen molar-refractivity contribution in [3.8, 4) is 5.75 Å². The summed E-state index contributed by atoms with van der Waals surface area (Å²) in [7, 11) is 3.70. The van der Waals surface area contributed by atoms with Crippen molar-refractivity contribution in [2.75, 3.05) is 24.7 Å². The van der Waals surface area contributed by atoms with Crippen molar-refractivity contribution in [1.29, 1.82) is 0 Å². The average molecular weight is 295 g/mol. The van der Waals surface area contributed by atoms with Crippen LogP contribution in [-0.2, 0) is 6.61 Å². The molecule has 3 rings (SSSR count). The molecule has 6 heteroatoms. The number of aromatic nitrogens is 3. The maximum Gasteiger partial charge on any atom is 0.230 e. The number of hydrogen-bond acceptors (Lipinski definition) is 6. The van der Waals surface area contributed by atoms with Gasteiger partial charge < -0.3 is 15.4 Å². The molecule has 0 radical (unpaired) electrons. The van der Waals surface area contributed by atoms with Gasteiger partial charge >= 0.3 is 0 Å². The van der Waals surface area contributed by atoms with E-state index in [9.17, 15) is 0 Å². The Morgan fingerprint density at radius 1 is 1.00 bits per heavy atom. The van der Waals surface area contributed by atoms with Crippen LogP contribution in [0.25, 0.3) is 10.8 Å². The minimum atomic E-state index is 0.191. The first kappa shape index (κ1) is 14.1. The Morgan fingerprint density at radius 2 is 1.77 bits per heavy atom. The van der Waals surface area contributed by atoms with E-state index in [1.54, 1.807) is 4.90 Å². The molecule has 2 aromatic carbocycles. The largest absolute Gasteiger partial charge is 0.486 e.